The summed E-state index contributed by atoms with van der Waals surface area (Å²) in [6.07, 6.45) is -2.92. The minimum Gasteiger partial charge on any atom is -0.444 e. The molecule has 0 unspecified atom stereocenters. The van der Waals surface area contributed by atoms with Crippen molar-refractivity contribution in [3.63, 3.8) is 0 Å². The molecule has 0 bridgehead atoms. The maximum atomic E-state index is 12.7. The zero-order chi connectivity index (χ0) is 19.6. The number of alkyl carbamates (subject to hydrolysis) is 2. The fourth-order valence-electron chi connectivity index (χ4n) is 1.15. The molecule has 24 heavy (non-hydrogen) atoms. The molecule has 0 fully saturated rings. The Hall–Kier alpha value is -1.72. The first-order chi connectivity index (χ1) is 10.3. The molecule has 12 heteroatoms. The number of ether oxygens (including phenoxy) is 2. The molecule has 0 heterocycles. The van der Waals surface area contributed by atoms with Gasteiger partial charge in [0.1, 0.15) is 11.2 Å². The van der Waals surface area contributed by atoms with E-state index in [1.807, 2.05) is 0 Å². The van der Waals surface area contributed by atoms with Crippen LogP contribution >= 0.6 is 0 Å². The highest BCUT2D eigenvalue weighted by atomic mass is 32.2. The Balaban J connectivity index is 5.41. The Kier molecular flexibility index (Phi) is 6.53. The number of rotatable bonds is 3. The number of amides is 2. The molecule has 0 saturated heterocycles. The first-order valence-corrected chi connectivity index (χ1v) is 8.19. The third kappa shape index (κ3) is 7.70. The average molecular weight is 378 g/mol. The van der Waals surface area contributed by atoms with Gasteiger partial charge in [0.2, 0.25) is 5.50 Å². The third-order valence-electron chi connectivity index (χ3n) is 1.93. The molecule has 2 amide bonds. The standard InChI is InChI=1S/C12H21F3N2O6S/c1-10(2,3)22-8(18)16-7(24(20,21)12(13,14)15)17-9(19)23-11(4,5)6/h7H,1-6H3,(H,16,18)(H,17,19). The Morgan fingerprint density at radius 3 is 1.33 bits per heavy atom. The summed E-state index contributed by atoms with van der Waals surface area (Å²) in [6, 6.07) is 0. The van der Waals surface area contributed by atoms with E-state index in [0.717, 1.165) is 0 Å². The summed E-state index contributed by atoms with van der Waals surface area (Å²) in [6.45, 7) is 8.51. The van der Waals surface area contributed by atoms with Gasteiger partial charge < -0.3 is 9.47 Å². The van der Waals surface area contributed by atoms with Crippen LogP contribution in [0.2, 0.25) is 0 Å². The van der Waals surface area contributed by atoms with Crippen LogP contribution in [0.5, 0.6) is 0 Å². The van der Waals surface area contributed by atoms with E-state index in [2.05, 4.69) is 9.47 Å². The van der Waals surface area contributed by atoms with Crippen molar-refractivity contribution in [3.05, 3.63) is 0 Å². The average Bonchev–Trinajstić information content (AvgIpc) is 2.20. The van der Waals surface area contributed by atoms with Crippen molar-refractivity contribution in [1.29, 1.82) is 0 Å². The molecule has 0 rings (SSSR count). The van der Waals surface area contributed by atoms with Gasteiger partial charge in [0, 0.05) is 0 Å². The van der Waals surface area contributed by atoms with Gasteiger partial charge in [-0.2, -0.15) is 13.2 Å². The number of alkyl halides is 3. The number of carbonyl (C=O) groups excluding carboxylic acids is 2. The topological polar surface area (TPSA) is 111 Å². The van der Waals surface area contributed by atoms with Crippen molar-refractivity contribution in [1.82, 2.24) is 10.6 Å². The predicted octanol–water partition coefficient (Wildman–Crippen LogP) is 2.25. The van der Waals surface area contributed by atoms with E-state index in [1.54, 1.807) is 0 Å². The monoisotopic (exact) mass is 378 g/mol. The van der Waals surface area contributed by atoms with Crippen molar-refractivity contribution in [2.45, 2.75) is 63.8 Å². The summed E-state index contributed by atoms with van der Waals surface area (Å²) in [5, 5.41) is 2.91. The molecule has 0 spiro atoms. The summed E-state index contributed by atoms with van der Waals surface area (Å²) in [5.41, 5.74) is -10.7. The lowest BCUT2D eigenvalue weighted by molar-refractivity contribution is -0.0451. The van der Waals surface area contributed by atoms with Gasteiger partial charge in [0.05, 0.1) is 0 Å². The number of nitrogens with one attached hydrogen (secondary N) is 2. The van der Waals surface area contributed by atoms with E-state index in [0.29, 0.717) is 0 Å². The zero-order valence-corrected chi connectivity index (χ0v) is 14.9. The first kappa shape index (κ1) is 22.3. The normalized spacial score (nSPS) is 13.4. The summed E-state index contributed by atoms with van der Waals surface area (Å²) >= 11 is 0. The van der Waals surface area contributed by atoms with Gasteiger partial charge in [0.15, 0.2) is 0 Å². The first-order valence-electron chi connectivity index (χ1n) is 6.64. The van der Waals surface area contributed by atoms with Gasteiger partial charge in [-0.1, -0.05) is 0 Å². The molecular weight excluding hydrogens is 357 g/mol. The van der Waals surface area contributed by atoms with Crippen LogP contribution in [-0.4, -0.2) is 42.8 Å². The van der Waals surface area contributed by atoms with Gasteiger partial charge in [-0.05, 0) is 41.5 Å². The van der Waals surface area contributed by atoms with Crippen molar-refractivity contribution in [3.8, 4) is 0 Å². The molecule has 0 atom stereocenters. The largest absolute Gasteiger partial charge is 0.501 e. The SMILES string of the molecule is CC(C)(C)OC(=O)NC(NC(=O)OC(C)(C)C)S(=O)(=O)C(F)(F)F. The van der Waals surface area contributed by atoms with Crippen LogP contribution in [0.15, 0.2) is 0 Å². The molecule has 0 saturated carbocycles. The maximum Gasteiger partial charge on any atom is 0.501 e. The Labute approximate surface area is 138 Å². The predicted molar refractivity (Wildman–Crippen MR) is 77.5 cm³/mol. The number of hydrogen-bond donors (Lipinski definition) is 2. The zero-order valence-electron chi connectivity index (χ0n) is 14.1. The Bertz CT molecular complexity index is 545. The molecular formula is C12H21F3N2O6S. The lowest BCUT2D eigenvalue weighted by Gasteiger charge is -2.26. The Morgan fingerprint density at radius 2 is 1.12 bits per heavy atom. The lowest BCUT2D eigenvalue weighted by Crippen LogP contribution is -2.57. The summed E-state index contributed by atoms with van der Waals surface area (Å²) in [5.74, 6) is 0. The number of hydrogen-bond acceptors (Lipinski definition) is 6. The number of carbonyl (C=O) groups is 2. The molecule has 0 aromatic rings. The fourth-order valence-corrected chi connectivity index (χ4v) is 1.92. The van der Waals surface area contributed by atoms with Gasteiger partial charge in [-0.15, -0.1) is 0 Å². The van der Waals surface area contributed by atoms with E-state index < -0.39 is 44.2 Å². The highest BCUT2D eigenvalue weighted by Gasteiger charge is 2.52. The smallest absolute Gasteiger partial charge is 0.444 e. The van der Waals surface area contributed by atoms with E-state index in [-0.39, 0.29) is 0 Å². The molecule has 0 radical (unpaired) electrons. The van der Waals surface area contributed by atoms with Gasteiger partial charge in [-0.3, -0.25) is 10.6 Å². The van der Waals surface area contributed by atoms with Gasteiger partial charge in [0.25, 0.3) is 9.84 Å². The maximum absolute atomic E-state index is 12.7. The molecule has 0 aliphatic carbocycles. The van der Waals surface area contributed by atoms with Gasteiger partial charge in [-0.25, -0.2) is 18.0 Å². The van der Waals surface area contributed by atoms with Crippen molar-refractivity contribution < 1.29 is 40.7 Å². The molecule has 142 valence electrons. The second-order valence-corrected chi connectivity index (χ2v) is 8.69. The second kappa shape index (κ2) is 7.03. The number of halogens is 3. The Morgan fingerprint density at radius 1 is 0.833 bits per heavy atom. The van der Waals surface area contributed by atoms with E-state index in [4.69, 9.17) is 0 Å². The van der Waals surface area contributed by atoms with Crippen LogP contribution in [0.25, 0.3) is 0 Å². The van der Waals surface area contributed by atoms with E-state index in [9.17, 15) is 31.2 Å². The quantitative estimate of drug-likeness (QED) is 0.729. The van der Waals surface area contributed by atoms with E-state index in [1.165, 1.54) is 52.2 Å². The minimum atomic E-state index is -5.96. The molecule has 0 aromatic heterocycles. The summed E-state index contributed by atoms with van der Waals surface area (Å²) < 4.78 is 70.4. The van der Waals surface area contributed by atoms with Crippen LogP contribution in [0.3, 0.4) is 0 Å². The van der Waals surface area contributed by atoms with Crippen molar-refractivity contribution in [2.24, 2.45) is 0 Å². The fraction of sp³-hybridized carbons (Fsp3) is 0.833. The molecule has 2 N–H and O–H groups in total. The highest BCUT2D eigenvalue weighted by molar-refractivity contribution is 7.92. The second-order valence-electron chi connectivity index (χ2n) is 6.66. The van der Waals surface area contributed by atoms with Gasteiger partial charge >= 0.3 is 17.7 Å². The molecule has 0 aromatic carbocycles. The summed E-state index contributed by atoms with van der Waals surface area (Å²) in [7, 11) is -5.96. The van der Waals surface area contributed by atoms with E-state index >= 15 is 0 Å². The minimum absolute atomic E-state index is 1.09. The molecule has 8 nitrogen and oxygen atoms in total. The molecule has 0 aliphatic rings. The van der Waals surface area contributed by atoms with Crippen LogP contribution in [-0.2, 0) is 19.3 Å². The third-order valence-corrected chi connectivity index (χ3v) is 3.43. The van der Waals surface area contributed by atoms with Crippen LogP contribution in [0.4, 0.5) is 22.8 Å². The highest BCUT2D eigenvalue weighted by Crippen LogP contribution is 2.26. The van der Waals surface area contributed by atoms with Crippen LogP contribution < -0.4 is 10.6 Å². The number of sulfone groups is 1. The van der Waals surface area contributed by atoms with Crippen LogP contribution in [0.1, 0.15) is 41.5 Å². The van der Waals surface area contributed by atoms with Crippen LogP contribution in [0, 0.1) is 0 Å². The lowest BCUT2D eigenvalue weighted by atomic mass is 10.2. The van der Waals surface area contributed by atoms with Crippen molar-refractivity contribution >= 4 is 22.0 Å². The molecule has 0 aliphatic heterocycles. The summed E-state index contributed by atoms with van der Waals surface area (Å²) in [4.78, 5) is 23.1. The van der Waals surface area contributed by atoms with Crippen molar-refractivity contribution in [2.75, 3.05) is 0 Å².